The van der Waals surface area contributed by atoms with E-state index in [-0.39, 0.29) is 13.2 Å². The molecule has 1 heterocycles. The molecule has 1 rings (SSSR count). The number of thiophene rings is 1. The number of carbonyl (C=O) groups is 1. The second-order valence-corrected chi connectivity index (χ2v) is 4.96. The number of alkyl halides is 3. The molecule has 0 aliphatic heterocycles. The van der Waals surface area contributed by atoms with Crippen molar-refractivity contribution < 1.29 is 27.8 Å². The predicted octanol–water partition coefficient (Wildman–Crippen LogP) is 1.68. The van der Waals surface area contributed by atoms with Crippen molar-refractivity contribution >= 4 is 17.2 Å². The van der Waals surface area contributed by atoms with E-state index in [0.717, 1.165) is 10.4 Å². The van der Waals surface area contributed by atoms with Crippen molar-refractivity contribution in [2.75, 3.05) is 19.8 Å². The van der Waals surface area contributed by atoms with Crippen molar-refractivity contribution in [2.45, 2.75) is 19.1 Å². The molecule has 0 bridgehead atoms. The SMILES string of the molecule is O=C(COCC(F)(F)F)NCc1cc(C#CCCO)cs1. The maximum atomic E-state index is 11.8. The summed E-state index contributed by atoms with van der Waals surface area (Å²) in [5, 5.41) is 12.8. The summed E-state index contributed by atoms with van der Waals surface area (Å²) in [6.07, 6.45) is -4.05. The molecule has 1 aromatic rings. The molecule has 2 N–H and O–H groups in total. The van der Waals surface area contributed by atoms with Crippen molar-refractivity contribution in [1.82, 2.24) is 5.32 Å². The van der Waals surface area contributed by atoms with Gasteiger partial charge in [-0.2, -0.15) is 13.2 Å². The molecule has 4 nitrogen and oxygen atoms in total. The maximum Gasteiger partial charge on any atom is 0.411 e. The number of aliphatic hydroxyl groups is 1. The fourth-order valence-electron chi connectivity index (χ4n) is 1.26. The van der Waals surface area contributed by atoms with Crippen LogP contribution in [0.5, 0.6) is 0 Å². The first-order valence-corrected chi connectivity index (χ1v) is 6.87. The molecule has 8 heteroatoms. The van der Waals surface area contributed by atoms with Crippen molar-refractivity contribution in [2.24, 2.45) is 0 Å². The molecule has 0 atom stereocenters. The van der Waals surface area contributed by atoms with Gasteiger partial charge in [0.2, 0.25) is 5.91 Å². The van der Waals surface area contributed by atoms with E-state index in [4.69, 9.17) is 5.11 Å². The lowest BCUT2D eigenvalue weighted by molar-refractivity contribution is -0.175. The standard InChI is InChI=1S/C13H14F3NO3S/c14-13(15,16)9-20-7-12(19)17-6-11-5-10(8-21-11)3-1-2-4-18/h5,8,18H,2,4,6-7,9H2,(H,17,19). The molecule has 116 valence electrons. The van der Waals surface area contributed by atoms with Gasteiger partial charge in [-0.1, -0.05) is 11.8 Å². The van der Waals surface area contributed by atoms with E-state index in [0.29, 0.717) is 6.42 Å². The molecule has 0 aromatic carbocycles. The predicted molar refractivity (Wildman–Crippen MR) is 71.6 cm³/mol. The van der Waals surface area contributed by atoms with Gasteiger partial charge >= 0.3 is 6.18 Å². The van der Waals surface area contributed by atoms with Crippen LogP contribution in [0.3, 0.4) is 0 Å². The summed E-state index contributed by atoms with van der Waals surface area (Å²) in [6.45, 7) is -1.86. The quantitative estimate of drug-likeness (QED) is 0.784. The minimum atomic E-state index is -4.43. The molecule has 0 fully saturated rings. The number of amides is 1. The van der Waals surface area contributed by atoms with Gasteiger partial charge in [-0.15, -0.1) is 11.3 Å². The van der Waals surface area contributed by atoms with Crippen LogP contribution in [0.15, 0.2) is 11.4 Å². The maximum absolute atomic E-state index is 11.8. The second-order valence-electron chi connectivity index (χ2n) is 3.96. The summed E-state index contributed by atoms with van der Waals surface area (Å²) >= 11 is 1.38. The lowest BCUT2D eigenvalue weighted by Crippen LogP contribution is -2.29. The molecule has 0 spiro atoms. The Morgan fingerprint density at radius 1 is 1.48 bits per heavy atom. The lowest BCUT2D eigenvalue weighted by Gasteiger charge is -2.07. The Balaban J connectivity index is 2.29. The number of aliphatic hydroxyl groups excluding tert-OH is 1. The highest BCUT2D eigenvalue weighted by Crippen LogP contribution is 2.15. The highest BCUT2D eigenvalue weighted by Gasteiger charge is 2.27. The minimum absolute atomic E-state index is 0.00201. The van der Waals surface area contributed by atoms with Crippen LogP contribution in [-0.2, 0) is 16.1 Å². The van der Waals surface area contributed by atoms with Gasteiger partial charge < -0.3 is 15.2 Å². The van der Waals surface area contributed by atoms with Gasteiger partial charge in [-0.25, -0.2) is 0 Å². The molecular formula is C13H14F3NO3S. The molecule has 0 saturated heterocycles. The monoisotopic (exact) mass is 321 g/mol. The zero-order chi connectivity index (χ0) is 15.7. The molecule has 0 radical (unpaired) electrons. The van der Waals surface area contributed by atoms with Crippen LogP contribution in [0.1, 0.15) is 16.9 Å². The zero-order valence-corrected chi connectivity index (χ0v) is 11.8. The Kier molecular flexibility index (Phi) is 7.22. The molecule has 0 aliphatic rings. The van der Waals surface area contributed by atoms with Crippen LogP contribution in [0.4, 0.5) is 13.2 Å². The number of rotatable bonds is 6. The number of ether oxygens (including phenoxy) is 1. The van der Waals surface area contributed by atoms with Crippen LogP contribution >= 0.6 is 11.3 Å². The van der Waals surface area contributed by atoms with Gasteiger partial charge in [0.15, 0.2) is 0 Å². The summed E-state index contributed by atoms with van der Waals surface area (Å²) in [7, 11) is 0. The van der Waals surface area contributed by atoms with Crippen LogP contribution < -0.4 is 5.32 Å². The summed E-state index contributed by atoms with van der Waals surface area (Å²) in [6, 6.07) is 1.77. The third-order valence-electron chi connectivity index (χ3n) is 2.08. The van der Waals surface area contributed by atoms with Crippen molar-refractivity contribution in [3.8, 4) is 11.8 Å². The Bertz CT molecular complexity index is 517. The van der Waals surface area contributed by atoms with Gasteiger partial charge in [0.05, 0.1) is 13.2 Å². The molecule has 1 aromatic heterocycles. The number of hydrogen-bond donors (Lipinski definition) is 2. The van der Waals surface area contributed by atoms with Crippen LogP contribution in [-0.4, -0.2) is 37.0 Å². The highest BCUT2D eigenvalue weighted by molar-refractivity contribution is 7.10. The van der Waals surface area contributed by atoms with E-state index in [9.17, 15) is 18.0 Å². The van der Waals surface area contributed by atoms with Gasteiger partial charge in [-0.05, 0) is 6.07 Å². The van der Waals surface area contributed by atoms with Crippen molar-refractivity contribution in [3.05, 3.63) is 21.9 Å². The highest BCUT2D eigenvalue weighted by atomic mass is 32.1. The Hall–Kier alpha value is -1.56. The number of hydrogen-bond acceptors (Lipinski definition) is 4. The molecule has 0 saturated carbocycles. The fourth-order valence-corrected chi connectivity index (χ4v) is 2.01. The summed E-state index contributed by atoms with van der Waals surface area (Å²) in [5.74, 6) is 5.00. The third kappa shape index (κ3) is 8.34. The van der Waals surface area contributed by atoms with Crippen LogP contribution in [0.25, 0.3) is 0 Å². The number of halogens is 3. The average Bonchev–Trinajstić information content (AvgIpc) is 2.83. The van der Waals surface area contributed by atoms with E-state index >= 15 is 0 Å². The molecule has 0 aliphatic carbocycles. The smallest absolute Gasteiger partial charge is 0.395 e. The van der Waals surface area contributed by atoms with E-state index in [1.807, 2.05) is 0 Å². The summed E-state index contributed by atoms with van der Waals surface area (Å²) in [4.78, 5) is 12.1. The van der Waals surface area contributed by atoms with Gasteiger partial charge in [-0.3, -0.25) is 4.79 Å². The lowest BCUT2D eigenvalue weighted by atomic mass is 10.3. The first kappa shape index (κ1) is 17.5. The van der Waals surface area contributed by atoms with Gasteiger partial charge in [0.25, 0.3) is 0 Å². The summed E-state index contributed by atoms with van der Waals surface area (Å²) in [5.41, 5.74) is 0.769. The molecule has 0 unspecified atom stereocenters. The van der Waals surface area contributed by atoms with E-state index in [1.54, 1.807) is 11.4 Å². The minimum Gasteiger partial charge on any atom is -0.395 e. The normalized spacial score (nSPS) is 10.9. The largest absolute Gasteiger partial charge is 0.411 e. The molecular weight excluding hydrogens is 307 g/mol. The van der Waals surface area contributed by atoms with Crippen LogP contribution in [0.2, 0.25) is 0 Å². The first-order valence-electron chi connectivity index (χ1n) is 5.99. The van der Waals surface area contributed by atoms with Gasteiger partial charge in [0.1, 0.15) is 13.2 Å². The van der Waals surface area contributed by atoms with Crippen molar-refractivity contribution in [1.29, 1.82) is 0 Å². The Morgan fingerprint density at radius 2 is 2.24 bits per heavy atom. The zero-order valence-electron chi connectivity index (χ0n) is 11.0. The number of nitrogens with one attached hydrogen (secondary N) is 1. The topological polar surface area (TPSA) is 58.6 Å². The van der Waals surface area contributed by atoms with Crippen LogP contribution in [0, 0.1) is 11.8 Å². The van der Waals surface area contributed by atoms with E-state index in [2.05, 4.69) is 21.9 Å². The second kappa shape index (κ2) is 8.67. The summed E-state index contributed by atoms with van der Waals surface area (Å²) < 4.78 is 39.6. The fraction of sp³-hybridized carbons (Fsp3) is 0.462. The molecule has 1 amide bonds. The van der Waals surface area contributed by atoms with Crippen molar-refractivity contribution in [3.63, 3.8) is 0 Å². The van der Waals surface area contributed by atoms with E-state index < -0.39 is 25.3 Å². The average molecular weight is 321 g/mol. The molecule has 21 heavy (non-hydrogen) atoms. The van der Waals surface area contributed by atoms with Gasteiger partial charge in [0, 0.05) is 22.2 Å². The Labute approximate surface area is 123 Å². The van der Waals surface area contributed by atoms with E-state index in [1.165, 1.54) is 11.3 Å². The Morgan fingerprint density at radius 3 is 2.90 bits per heavy atom. The first-order chi connectivity index (χ1) is 9.90. The number of carbonyl (C=O) groups excluding carboxylic acids is 1. The third-order valence-corrected chi connectivity index (χ3v) is 3.02.